The van der Waals surface area contributed by atoms with Gasteiger partial charge >= 0.3 is 11.8 Å². The molecule has 23 heavy (non-hydrogen) atoms. The molecule has 1 fully saturated rings. The van der Waals surface area contributed by atoms with Gasteiger partial charge in [-0.25, -0.2) is 0 Å². The monoisotopic (exact) mass is 318 g/mol. The standard InChI is InChI=1S/C17H22N2O4/c1-12-5-4-8-19(10-12)17(21)16(20)18-9-13-11-22-14-6-2-3-7-15(14)23-13/h2-3,6-7,12-13H,4-5,8-11H2,1H3,(H,18,20). The van der Waals surface area contributed by atoms with Gasteiger partial charge in [0.1, 0.15) is 12.7 Å². The lowest BCUT2D eigenvalue weighted by Crippen LogP contribution is -2.49. The van der Waals surface area contributed by atoms with Gasteiger partial charge in [0, 0.05) is 13.1 Å². The molecule has 6 heteroatoms. The normalized spacial score (nSPS) is 23.3. The third-order valence-corrected chi connectivity index (χ3v) is 4.20. The zero-order valence-electron chi connectivity index (χ0n) is 13.3. The molecular formula is C17H22N2O4. The summed E-state index contributed by atoms with van der Waals surface area (Å²) in [5, 5.41) is 2.66. The van der Waals surface area contributed by atoms with Crippen LogP contribution in [0.15, 0.2) is 24.3 Å². The SMILES string of the molecule is CC1CCCN(C(=O)C(=O)NCC2COc3ccccc3O2)C1. The van der Waals surface area contributed by atoms with E-state index in [1.165, 1.54) is 0 Å². The number of carbonyl (C=O) groups is 2. The Hall–Kier alpha value is -2.24. The number of para-hydroxylation sites is 2. The quantitative estimate of drug-likeness (QED) is 0.832. The summed E-state index contributed by atoms with van der Waals surface area (Å²) in [5.74, 6) is 0.796. The van der Waals surface area contributed by atoms with Crippen LogP contribution < -0.4 is 14.8 Å². The summed E-state index contributed by atoms with van der Waals surface area (Å²) >= 11 is 0. The largest absolute Gasteiger partial charge is 0.486 e. The Morgan fingerprint density at radius 2 is 2.09 bits per heavy atom. The van der Waals surface area contributed by atoms with Crippen molar-refractivity contribution in [3.8, 4) is 11.5 Å². The number of piperidine rings is 1. The molecule has 0 bridgehead atoms. The minimum atomic E-state index is -0.568. The minimum absolute atomic E-state index is 0.252. The molecule has 2 atom stereocenters. The van der Waals surface area contributed by atoms with Crippen molar-refractivity contribution in [1.29, 1.82) is 0 Å². The molecule has 0 aromatic heterocycles. The van der Waals surface area contributed by atoms with Crippen molar-refractivity contribution in [2.24, 2.45) is 5.92 Å². The first-order valence-corrected chi connectivity index (χ1v) is 8.09. The van der Waals surface area contributed by atoms with E-state index in [2.05, 4.69) is 12.2 Å². The third-order valence-electron chi connectivity index (χ3n) is 4.20. The molecule has 1 aromatic carbocycles. The zero-order valence-corrected chi connectivity index (χ0v) is 13.3. The number of benzene rings is 1. The topological polar surface area (TPSA) is 67.9 Å². The maximum absolute atomic E-state index is 12.2. The van der Waals surface area contributed by atoms with Gasteiger partial charge in [-0.3, -0.25) is 9.59 Å². The Labute approximate surface area is 135 Å². The third kappa shape index (κ3) is 3.75. The molecule has 3 rings (SSSR count). The summed E-state index contributed by atoms with van der Waals surface area (Å²) in [6.45, 7) is 4.02. The van der Waals surface area contributed by atoms with E-state index in [-0.39, 0.29) is 12.6 Å². The van der Waals surface area contributed by atoms with Gasteiger partial charge in [0.2, 0.25) is 0 Å². The first-order chi connectivity index (χ1) is 11.1. The molecule has 2 heterocycles. The Balaban J connectivity index is 1.49. The minimum Gasteiger partial charge on any atom is -0.486 e. The number of amides is 2. The number of nitrogens with zero attached hydrogens (tertiary/aromatic N) is 1. The van der Waals surface area contributed by atoms with Crippen molar-refractivity contribution in [3.05, 3.63) is 24.3 Å². The highest BCUT2D eigenvalue weighted by Crippen LogP contribution is 2.30. The molecule has 0 saturated carbocycles. The van der Waals surface area contributed by atoms with Gasteiger partial charge in [0.05, 0.1) is 6.54 Å². The lowest BCUT2D eigenvalue weighted by Gasteiger charge is -2.30. The molecule has 6 nitrogen and oxygen atoms in total. The molecular weight excluding hydrogens is 296 g/mol. The highest BCUT2D eigenvalue weighted by molar-refractivity contribution is 6.35. The molecule has 1 saturated heterocycles. The maximum Gasteiger partial charge on any atom is 0.311 e. The van der Waals surface area contributed by atoms with E-state index in [4.69, 9.17) is 9.47 Å². The molecule has 0 radical (unpaired) electrons. The second-order valence-corrected chi connectivity index (χ2v) is 6.21. The van der Waals surface area contributed by atoms with Gasteiger partial charge in [-0.2, -0.15) is 0 Å². The average Bonchev–Trinajstić information content (AvgIpc) is 2.58. The number of fused-ring (bicyclic) bond motifs is 1. The highest BCUT2D eigenvalue weighted by atomic mass is 16.6. The smallest absolute Gasteiger partial charge is 0.311 e. The van der Waals surface area contributed by atoms with Crippen LogP contribution in [0.2, 0.25) is 0 Å². The van der Waals surface area contributed by atoms with E-state index in [1.54, 1.807) is 4.90 Å². The first-order valence-electron chi connectivity index (χ1n) is 8.09. The summed E-state index contributed by atoms with van der Waals surface area (Å²) in [5.41, 5.74) is 0. The van der Waals surface area contributed by atoms with Gasteiger partial charge in [0.25, 0.3) is 0 Å². The van der Waals surface area contributed by atoms with Gasteiger partial charge in [0.15, 0.2) is 11.5 Å². The Bertz CT molecular complexity index is 590. The number of likely N-dealkylation sites (tertiary alicyclic amines) is 1. The molecule has 0 spiro atoms. The second kappa shape index (κ2) is 6.89. The Morgan fingerprint density at radius 3 is 2.87 bits per heavy atom. The van der Waals surface area contributed by atoms with Gasteiger partial charge in [-0.15, -0.1) is 0 Å². The molecule has 2 amide bonds. The zero-order chi connectivity index (χ0) is 16.2. The van der Waals surface area contributed by atoms with Crippen LogP contribution in [0.25, 0.3) is 0 Å². The number of hydrogen-bond donors (Lipinski definition) is 1. The lowest BCUT2D eigenvalue weighted by atomic mass is 10.0. The number of rotatable bonds is 2. The highest BCUT2D eigenvalue weighted by Gasteiger charge is 2.27. The van der Waals surface area contributed by atoms with Crippen LogP contribution in [0, 0.1) is 5.92 Å². The van der Waals surface area contributed by atoms with E-state index in [9.17, 15) is 9.59 Å². The first kappa shape index (κ1) is 15.6. The van der Waals surface area contributed by atoms with Crippen LogP contribution >= 0.6 is 0 Å². The van der Waals surface area contributed by atoms with Crippen LogP contribution in [0.3, 0.4) is 0 Å². The van der Waals surface area contributed by atoms with Crippen molar-refractivity contribution in [3.63, 3.8) is 0 Å². The number of nitrogens with one attached hydrogen (secondary N) is 1. The molecule has 0 aliphatic carbocycles. The van der Waals surface area contributed by atoms with Gasteiger partial charge < -0.3 is 19.7 Å². The number of hydrogen-bond acceptors (Lipinski definition) is 4. The fraction of sp³-hybridized carbons (Fsp3) is 0.529. The van der Waals surface area contributed by atoms with Crippen LogP contribution in [0.1, 0.15) is 19.8 Å². The van der Waals surface area contributed by atoms with Crippen molar-refractivity contribution >= 4 is 11.8 Å². The van der Waals surface area contributed by atoms with Crippen LogP contribution in [-0.2, 0) is 9.59 Å². The number of ether oxygens (including phenoxy) is 2. The fourth-order valence-electron chi connectivity index (χ4n) is 2.96. The van der Waals surface area contributed by atoms with Crippen molar-refractivity contribution in [2.75, 3.05) is 26.2 Å². The van der Waals surface area contributed by atoms with E-state index < -0.39 is 11.8 Å². The van der Waals surface area contributed by atoms with Crippen LogP contribution in [-0.4, -0.2) is 49.1 Å². The Kier molecular flexibility index (Phi) is 4.69. The van der Waals surface area contributed by atoms with E-state index in [0.717, 1.165) is 12.8 Å². The predicted octanol–water partition coefficient (Wildman–Crippen LogP) is 1.20. The lowest BCUT2D eigenvalue weighted by molar-refractivity contribution is -0.147. The summed E-state index contributed by atoms with van der Waals surface area (Å²) in [6, 6.07) is 7.40. The maximum atomic E-state index is 12.2. The number of carbonyl (C=O) groups excluding carboxylic acids is 2. The van der Waals surface area contributed by atoms with Crippen molar-refractivity contribution in [1.82, 2.24) is 10.2 Å². The van der Waals surface area contributed by atoms with E-state index in [0.29, 0.717) is 37.1 Å². The molecule has 124 valence electrons. The van der Waals surface area contributed by atoms with Gasteiger partial charge in [-0.05, 0) is 30.9 Å². The summed E-state index contributed by atoms with van der Waals surface area (Å²) < 4.78 is 11.3. The van der Waals surface area contributed by atoms with Crippen molar-refractivity contribution in [2.45, 2.75) is 25.9 Å². The summed E-state index contributed by atoms with van der Waals surface area (Å²) in [4.78, 5) is 25.8. The molecule has 2 unspecified atom stereocenters. The summed E-state index contributed by atoms with van der Waals surface area (Å²) in [6.07, 6.45) is 1.77. The second-order valence-electron chi connectivity index (χ2n) is 6.21. The average molecular weight is 318 g/mol. The Morgan fingerprint density at radius 1 is 1.30 bits per heavy atom. The van der Waals surface area contributed by atoms with E-state index >= 15 is 0 Å². The fourth-order valence-corrected chi connectivity index (χ4v) is 2.96. The van der Waals surface area contributed by atoms with E-state index in [1.807, 2.05) is 24.3 Å². The molecule has 1 aromatic rings. The molecule has 2 aliphatic heterocycles. The van der Waals surface area contributed by atoms with Gasteiger partial charge in [-0.1, -0.05) is 19.1 Å². The van der Waals surface area contributed by atoms with Crippen LogP contribution in [0.4, 0.5) is 0 Å². The van der Waals surface area contributed by atoms with Crippen molar-refractivity contribution < 1.29 is 19.1 Å². The molecule has 2 aliphatic rings. The predicted molar refractivity (Wildman–Crippen MR) is 84.3 cm³/mol. The summed E-state index contributed by atoms with van der Waals surface area (Å²) in [7, 11) is 0. The van der Waals surface area contributed by atoms with Crippen LogP contribution in [0.5, 0.6) is 11.5 Å². The molecule has 1 N–H and O–H groups in total.